The van der Waals surface area contributed by atoms with Crippen LogP contribution in [0.15, 0.2) is 98.4 Å². The molecule has 0 spiro atoms. The molecule has 2 N–H and O–H groups in total. The van der Waals surface area contributed by atoms with Crippen molar-refractivity contribution in [3.05, 3.63) is 89.5 Å². The Hall–Kier alpha value is -6.48. The second-order valence-corrected chi connectivity index (χ2v) is 16.0. The van der Waals surface area contributed by atoms with Crippen molar-refractivity contribution in [2.24, 2.45) is 16.1 Å². The smallest absolute Gasteiger partial charge is 0.294 e. The average molecular weight is 865 g/mol. The first kappa shape index (κ1) is 43.1. The Kier molecular flexibility index (Phi) is 12.5. The second-order valence-electron chi connectivity index (χ2n) is 13.2. The SMILES string of the molecule is COc1cc(OCCOc2cc(OC)c(CC3C(=O)N(c4ccc(S(=O)(=O)O)cc4)N=C3C)c(OC)c2)cc(OC)c1/C=C1/C(=O)N(c2ccc(S(=O)(=O)O)cc2)N=C1C. The van der Waals surface area contributed by atoms with Crippen molar-refractivity contribution in [3.8, 4) is 34.5 Å². The van der Waals surface area contributed by atoms with Gasteiger partial charge >= 0.3 is 0 Å². The Morgan fingerprint density at radius 2 is 1.08 bits per heavy atom. The molecule has 2 aliphatic rings. The fourth-order valence-corrected chi connectivity index (χ4v) is 7.41. The molecule has 4 aromatic rings. The highest BCUT2D eigenvalue weighted by Gasteiger charge is 2.36. The summed E-state index contributed by atoms with van der Waals surface area (Å²) in [6.07, 6.45) is 1.75. The van der Waals surface area contributed by atoms with Gasteiger partial charge in [-0.1, -0.05) is 0 Å². The number of ether oxygens (including phenoxy) is 6. The normalized spacial score (nSPS) is 16.2. The third-order valence-electron chi connectivity index (χ3n) is 9.51. The quantitative estimate of drug-likeness (QED) is 0.0853. The largest absolute Gasteiger partial charge is 0.496 e. The van der Waals surface area contributed by atoms with E-state index in [4.69, 9.17) is 28.4 Å². The van der Waals surface area contributed by atoms with E-state index in [-0.39, 0.29) is 40.9 Å². The van der Waals surface area contributed by atoms with Gasteiger partial charge in [-0.25, -0.2) is 5.01 Å². The molecule has 18 nitrogen and oxygen atoms in total. The summed E-state index contributed by atoms with van der Waals surface area (Å²) < 4.78 is 99.0. The zero-order chi connectivity index (χ0) is 43.5. The minimum atomic E-state index is -4.41. The van der Waals surface area contributed by atoms with Crippen LogP contribution in [0.3, 0.4) is 0 Å². The zero-order valence-corrected chi connectivity index (χ0v) is 34.7. The van der Waals surface area contributed by atoms with Gasteiger partial charge in [0.1, 0.15) is 47.7 Å². The van der Waals surface area contributed by atoms with Gasteiger partial charge in [-0.2, -0.15) is 32.0 Å². The summed E-state index contributed by atoms with van der Waals surface area (Å²) in [5.41, 5.74) is 2.78. The number of hydrazone groups is 2. The van der Waals surface area contributed by atoms with Crippen LogP contribution in [-0.2, 0) is 36.2 Å². The van der Waals surface area contributed by atoms with E-state index in [0.29, 0.717) is 68.4 Å². The maximum absolute atomic E-state index is 13.5. The molecule has 0 bridgehead atoms. The molecular formula is C40H40N4O14S2. The Balaban J connectivity index is 1.12. The minimum Gasteiger partial charge on any atom is -0.496 e. The van der Waals surface area contributed by atoms with Crippen molar-refractivity contribution in [3.63, 3.8) is 0 Å². The molecule has 0 saturated heterocycles. The van der Waals surface area contributed by atoms with E-state index < -0.39 is 32.1 Å². The lowest BCUT2D eigenvalue weighted by molar-refractivity contribution is -0.119. The first-order valence-corrected chi connectivity index (χ1v) is 20.8. The monoisotopic (exact) mass is 864 g/mol. The molecule has 316 valence electrons. The van der Waals surface area contributed by atoms with Gasteiger partial charge in [-0.15, -0.1) is 0 Å². The van der Waals surface area contributed by atoms with Gasteiger partial charge in [-0.3, -0.25) is 18.7 Å². The molecule has 60 heavy (non-hydrogen) atoms. The predicted molar refractivity (Wildman–Crippen MR) is 219 cm³/mol. The maximum atomic E-state index is 13.5. The van der Waals surface area contributed by atoms with E-state index in [1.807, 2.05) is 0 Å². The lowest BCUT2D eigenvalue weighted by atomic mass is 9.94. The molecule has 20 heteroatoms. The molecule has 2 aliphatic heterocycles. The number of carbonyl (C=O) groups is 2. The van der Waals surface area contributed by atoms with Crippen LogP contribution in [0.1, 0.15) is 25.0 Å². The highest BCUT2D eigenvalue weighted by Crippen LogP contribution is 2.39. The number of nitrogens with zero attached hydrogens (tertiary/aromatic N) is 4. The number of amides is 2. The third kappa shape index (κ3) is 9.05. The Bertz CT molecular complexity index is 2590. The van der Waals surface area contributed by atoms with Crippen molar-refractivity contribution < 1.29 is 64.0 Å². The molecule has 0 saturated carbocycles. The summed E-state index contributed by atoms with van der Waals surface area (Å²) in [5.74, 6) is 0.735. The Labute approximate surface area is 345 Å². The average Bonchev–Trinajstić information content (AvgIpc) is 3.67. The van der Waals surface area contributed by atoms with E-state index in [1.165, 1.54) is 82.0 Å². The van der Waals surface area contributed by atoms with Gasteiger partial charge in [-0.05, 0) is 74.9 Å². The molecule has 0 aromatic heterocycles. The minimum absolute atomic E-state index is 0.0853. The summed E-state index contributed by atoms with van der Waals surface area (Å²) >= 11 is 0. The van der Waals surface area contributed by atoms with E-state index in [0.717, 1.165) is 5.01 Å². The molecule has 2 amide bonds. The highest BCUT2D eigenvalue weighted by molar-refractivity contribution is 7.86. The number of hydrogen-bond donors (Lipinski definition) is 2. The van der Waals surface area contributed by atoms with Crippen LogP contribution in [-0.4, -0.2) is 90.8 Å². The standard InChI is InChI=1S/C40H40N4O14S2/c1-23-31(39(45)43(41-23)25-7-11-29(12-8-25)59(47,48)49)21-33-35(53-3)17-27(18-36(33)54-4)57-15-16-58-28-19-37(55-5)34(38(20-28)56-6)22-32-24(2)42-44(40(32)46)26-9-13-30(14-10-26)60(50,51)52/h7-14,17-21,32H,15-16,22H2,1-6H3,(H,47,48,49)(H,50,51,52)/b31-21+. The van der Waals surface area contributed by atoms with Crippen LogP contribution in [0.4, 0.5) is 11.4 Å². The summed E-state index contributed by atoms with van der Waals surface area (Å²) in [6, 6.07) is 16.7. The number of methoxy groups -OCH3 is 4. The van der Waals surface area contributed by atoms with E-state index in [2.05, 4.69) is 10.2 Å². The number of carbonyl (C=O) groups excluding carboxylic acids is 2. The number of rotatable bonds is 16. The van der Waals surface area contributed by atoms with Crippen LogP contribution in [0.5, 0.6) is 34.5 Å². The molecule has 2 heterocycles. The summed E-state index contributed by atoms with van der Waals surface area (Å²) in [4.78, 5) is 26.3. The molecule has 1 unspecified atom stereocenters. The summed E-state index contributed by atoms with van der Waals surface area (Å²) in [7, 11) is -2.96. The fourth-order valence-electron chi connectivity index (χ4n) is 6.45. The second kappa shape index (κ2) is 17.4. The van der Waals surface area contributed by atoms with Crippen LogP contribution >= 0.6 is 0 Å². The van der Waals surface area contributed by atoms with Crippen LogP contribution in [0, 0.1) is 5.92 Å². The fraction of sp³-hybridized carbons (Fsp3) is 0.250. The predicted octanol–water partition coefficient (Wildman–Crippen LogP) is 5.06. The molecule has 6 rings (SSSR count). The first-order chi connectivity index (χ1) is 28.5. The van der Waals surface area contributed by atoms with Crippen molar-refractivity contribution in [2.45, 2.75) is 30.1 Å². The zero-order valence-electron chi connectivity index (χ0n) is 33.1. The molecule has 0 aliphatic carbocycles. The van der Waals surface area contributed by atoms with Gasteiger partial charge in [0.15, 0.2) is 0 Å². The van der Waals surface area contributed by atoms with E-state index in [9.17, 15) is 35.5 Å². The van der Waals surface area contributed by atoms with Crippen molar-refractivity contribution in [1.82, 2.24) is 0 Å². The molecule has 0 radical (unpaired) electrons. The van der Waals surface area contributed by atoms with Gasteiger partial charge in [0.25, 0.3) is 32.1 Å². The third-order valence-corrected chi connectivity index (χ3v) is 11.2. The molecular weight excluding hydrogens is 825 g/mol. The van der Waals surface area contributed by atoms with E-state index in [1.54, 1.807) is 44.2 Å². The number of benzene rings is 4. The topological polar surface area (TPSA) is 229 Å². The maximum Gasteiger partial charge on any atom is 0.294 e. The highest BCUT2D eigenvalue weighted by atomic mass is 32.2. The van der Waals surface area contributed by atoms with Crippen molar-refractivity contribution in [2.75, 3.05) is 51.7 Å². The number of hydrogen-bond acceptors (Lipinski definition) is 14. The molecule has 0 fully saturated rings. The Morgan fingerprint density at radius 1 is 0.650 bits per heavy atom. The number of anilines is 2. The first-order valence-electron chi connectivity index (χ1n) is 17.9. The molecule has 1 atom stereocenters. The summed E-state index contributed by atoms with van der Waals surface area (Å²) in [6.45, 7) is 3.53. The van der Waals surface area contributed by atoms with Crippen LogP contribution in [0.2, 0.25) is 0 Å². The van der Waals surface area contributed by atoms with Crippen molar-refractivity contribution in [1.29, 1.82) is 0 Å². The Morgan fingerprint density at radius 3 is 1.52 bits per heavy atom. The lowest BCUT2D eigenvalue weighted by Crippen LogP contribution is -2.28. The van der Waals surface area contributed by atoms with Gasteiger partial charge < -0.3 is 28.4 Å². The van der Waals surface area contributed by atoms with Crippen LogP contribution < -0.4 is 38.4 Å². The van der Waals surface area contributed by atoms with Gasteiger partial charge in [0, 0.05) is 35.5 Å². The summed E-state index contributed by atoms with van der Waals surface area (Å²) in [5, 5.41) is 11.0. The van der Waals surface area contributed by atoms with Gasteiger partial charge in [0.05, 0.1) is 72.4 Å². The van der Waals surface area contributed by atoms with Gasteiger partial charge in [0.2, 0.25) is 0 Å². The van der Waals surface area contributed by atoms with Crippen LogP contribution in [0.25, 0.3) is 6.08 Å². The molecule has 4 aromatic carbocycles. The van der Waals surface area contributed by atoms with Crippen molar-refractivity contribution >= 4 is 60.9 Å². The van der Waals surface area contributed by atoms with E-state index >= 15 is 0 Å². The lowest BCUT2D eigenvalue weighted by Gasteiger charge is -2.19.